The Labute approximate surface area is 196 Å². The molecular formula is C22H20Cl2N2O3S2. The number of carbonyl (C=O) groups is 1. The Bertz CT molecular complexity index is 1170. The Hall–Kier alpha value is -2.03. The summed E-state index contributed by atoms with van der Waals surface area (Å²) in [5.74, 6) is -0.480. The van der Waals surface area contributed by atoms with Crippen molar-refractivity contribution in [2.45, 2.75) is 22.3 Å². The Balaban J connectivity index is 1.92. The van der Waals surface area contributed by atoms with Gasteiger partial charge in [0.2, 0.25) is 15.9 Å². The minimum absolute atomic E-state index is 0.0171. The Morgan fingerprint density at radius 3 is 2.39 bits per heavy atom. The monoisotopic (exact) mass is 494 g/mol. The molecular weight excluding hydrogens is 475 g/mol. The van der Waals surface area contributed by atoms with Crippen molar-refractivity contribution in [1.29, 1.82) is 0 Å². The standard InChI is InChI=1S/C22H20Cl2N2O3S2/c1-30-20-10-6-5-9-18(20)25-22(27)19(13-15-7-3-2-4-8-15)26-31(28,29)21-14-16(23)11-12-17(21)24/h2-12,14,19,26H,13H2,1H3,(H,25,27)/t19-/m1/s1. The van der Waals surface area contributed by atoms with Crippen molar-refractivity contribution < 1.29 is 13.2 Å². The number of amides is 1. The Kier molecular flexibility index (Phi) is 8.02. The van der Waals surface area contributed by atoms with Gasteiger partial charge in [0.25, 0.3) is 0 Å². The molecule has 5 nitrogen and oxygen atoms in total. The van der Waals surface area contributed by atoms with Crippen LogP contribution in [-0.2, 0) is 21.2 Å². The summed E-state index contributed by atoms with van der Waals surface area (Å²) in [6.07, 6.45) is 2.06. The van der Waals surface area contributed by atoms with Gasteiger partial charge in [-0.1, -0.05) is 65.7 Å². The number of anilines is 1. The molecule has 0 unspecified atom stereocenters. The molecule has 0 saturated carbocycles. The first-order valence-electron chi connectivity index (χ1n) is 9.25. The van der Waals surface area contributed by atoms with Crippen LogP contribution in [0.2, 0.25) is 10.0 Å². The summed E-state index contributed by atoms with van der Waals surface area (Å²) >= 11 is 13.5. The van der Waals surface area contributed by atoms with Gasteiger partial charge < -0.3 is 5.32 Å². The predicted octanol–water partition coefficient (Wildman–Crippen LogP) is 5.24. The highest BCUT2D eigenvalue weighted by Crippen LogP contribution is 2.27. The van der Waals surface area contributed by atoms with Gasteiger partial charge in [-0.15, -0.1) is 11.8 Å². The Morgan fingerprint density at radius 2 is 1.68 bits per heavy atom. The first-order chi connectivity index (χ1) is 14.8. The second kappa shape index (κ2) is 10.5. The molecule has 0 bridgehead atoms. The highest BCUT2D eigenvalue weighted by molar-refractivity contribution is 7.98. The average molecular weight is 495 g/mol. The molecule has 162 valence electrons. The first kappa shape index (κ1) is 23.6. The molecule has 0 heterocycles. The molecule has 9 heteroatoms. The lowest BCUT2D eigenvalue weighted by molar-refractivity contribution is -0.117. The van der Waals surface area contributed by atoms with E-state index >= 15 is 0 Å². The molecule has 3 aromatic rings. The number of hydrogen-bond acceptors (Lipinski definition) is 4. The number of hydrogen-bond donors (Lipinski definition) is 2. The summed E-state index contributed by atoms with van der Waals surface area (Å²) in [5.41, 5.74) is 1.42. The van der Waals surface area contributed by atoms with Crippen molar-refractivity contribution in [2.24, 2.45) is 0 Å². The lowest BCUT2D eigenvalue weighted by Gasteiger charge is -2.20. The van der Waals surface area contributed by atoms with E-state index in [2.05, 4.69) is 10.0 Å². The Morgan fingerprint density at radius 1 is 1.00 bits per heavy atom. The van der Waals surface area contributed by atoms with Gasteiger partial charge in [-0.2, -0.15) is 4.72 Å². The van der Waals surface area contributed by atoms with Gasteiger partial charge in [-0.25, -0.2) is 8.42 Å². The maximum atomic E-state index is 13.1. The molecule has 0 saturated heterocycles. The van der Waals surface area contributed by atoms with E-state index in [0.29, 0.717) is 5.69 Å². The van der Waals surface area contributed by atoms with E-state index in [0.717, 1.165) is 10.5 Å². The number of para-hydroxylation sites is 1. The second-order valence-electron chi connectivity index (χ2n) is 6.63. The maximum absolute atomic E-state index is 13.1. The van der Waals surface area contributed by atoms with Gasteiger partial charge in [-0.3, -0.25) is 4.79 Å². The number of benzene rings is 3. The van der Waals surface area contributed by atoms with Crippen LogP contribution in [0.3, 0.4) is 0 Å². The summed E-state index contributed by atoms with van der Waals surface area (Å²) in [5, 5.41) is 3.08. The number of rotatable bonds is 8. The molecule has 2 N–H and O–H groups in total. The largest absolute Gasteiger partial charge is 0.324 e. The molecule has 0 aliphatic heterocycles. The van der Waals surface area contributed by atoms with Gasteiger partial charge in [0.15, 0.2) is 0 Å². The lowest BCUT2D eigenvalue weighted by Crippen LogP contribution is -2.45. The van der Waals surface area contributed by atoms with E-state index in [1.807, 2.05) is 48.7 Å². The lowest BCUT2D eigenvalue weighted by atomic mass is 10.1. The zero-order valence-corrected chi connectivity index (χ0v) is 19.7. The summed E-state index contributed by atoms with van der Waals surface area (Å²) in [4.78, 5) is 13.8. The molecule has 0 aromatic heterocycles. The molecule has 3 rings (SSSR count). The van der Waals surface area contributed by atoms with E-state index < -0.39 is 22.0 Å². The summed E-state index contributed by atoms with van der Waals surface area (Å²) in [7, 11) is -4.12. The molecule has 0 spiro atoms. The van der Waals surface area contributed by atoms with Crippen LogP contribution in [0.15, 0.2) is 82.6 Å². The molecule has 0 radical (unpaired) electrons. The third-order valence-corrected chi connectivity index (χ3v) is 7.43. The zero-order chi connectivity index (χ0) is 22.4. The molecule has 31 heavy (non-hydrogen) atoms. The third-order valence-electron chi connectivity index (χ3n) is 4.44. The summed E-state index contributed by atoms with van der Waals surface area (Å²) < 4.78 is 28.6. The zero-order valence-electron chi connectivity index (χ0n) is 16.5. The van der Waals surface area contributed by atoms with Gasteiger partial charge in [-0.05, 0) is 48.6 Å². The van der Waals surface area contributed by atoms with Crippen LogP contribution in [0.4, 0.5) is 5.69 Å². The van der Waals surface area contributed by atoms with Crippen molar-refractivity contribution in [2.75, 3.05) is 11.6 Å². The highest BCUT2D eigenvalue weighted by atomic mass is 35.5. The summed E-state index contributed by atoms with van der Waals surface area (Å²) in [6.45, 7) is 0. The van der Waals surface area contributed by atoms with E-state index in [9.17, 15) is 13.2 Å². The minimum Gasteiger partial charge on any atom is -0.324 e. The van der Waals surface area contributed by atoms with Crippen LogP contribution < -0.4 is 10.0 Å². The van der Waals surface area contributed by atoms with Crippen LogP contribution in [0.25, 0.3) is 0 Å². The van der Waals surface area contributed by atoms with Crippen LogP contribution >= 0.6 is 35.0 Å². The van der Waals surface area contributed by atoms with Crippen molar-refractivity contribution >= 4 is 56.6 Å². The van der Waals surface area contributed by atoms with Gasteiger partial charge in [0.1, 0.15) is 10.9 Å². The van der Waals surface area contributed by atoms with Crippen LogP contribution in [0.1, 0.15) is 5.56 Å². The number of thioether (sulfide) groups is 1. The first-order valence-corrected chi connectivity index (χ1v) is 12.7. The summed E-state index contributed by atoms with van der Waals surface area (Å²) in [6, 6.07) is 19.6. The van der Waals surface area contributed by atoms with E-state index in [-0.39, 0.29) is 21.4 Å². The van der Waals surface area contributed by atoms with Crippen molar-refractivity contribution in [3.63, 3.8) is 0 Å². The number of nitrogens with one attached hydrogen (secondary N) is 2. The predicted molar refractivity (Wildman–Crippen MR) is 128 cm³/mol. The molecule has 0 aliphatic rings. The average Bonchev–Trinajstić information content (AvgIpc) is 2.76. The smallest absolute Gasteiger partial charge is 0.242 e. The normalized spacial score (nSPS) is 12.4. The fourth-order valence-electron chi connectivity index (χ4n) is 2.94. The number of halogens is 2. The quantitative estimate of drug-likeness (QED) is 0.419. The third kappa shape index (κ3) is 6.24. The fraction of sp³-hybridized carbons (Fsp3) is 0.136. The second-order valence-corrected chi connectivity index (χ2v) is 10.0. The maximum Gasteiger partial charge on any atom is 0.242 e. The topological polar surface area (TPSA) is 75.3 Å². The van der Waals surface area contributed by atoms with Gasteiger partial charge in [0.05, 0.1) is 10.7 Å². The molecule has 1 amide bonds. The van der Waals surface area contributed by atoms with Gasteiger partial charge >= 0.3 is 0 Å². The van der Waals surface area contributed by atoms with Crippen molar-refractivity contribution in [3.8, 4) is 0 Å². The molecule has 0 aliphatic carbocycles. The fourth-order valence-corrected chi connectivity index (χ4v) is 5.45. The minimum atomic E-state index is -4.12. The van der Waals surface area contributed by atoms with Crippen molar-refractivity contribution in [1.82, 2.24) is 4.72 Å². The van der Waals surface area contributed by atoms with E-state index in [1.54, 1.807) is 12.1 Å². The molecule has 0 fully saturated rings. The number of carbonyl (C=O) groups excluding carboxylic acids is 1. The van der Waals surface area contributed by atoms with E-state index in [4.69, 9.17) is 23.2 Å². The van der Waals surface area contributed by atoms with Crippen molar-refractivity contribution in [3.05, 3.63) is 88.4 Å². The SMILES string of the molecule is CSc1ccccc1NC(=O)[C@@H](Cc1ccccc1)NS(=O)(=O)c1cc(Cl)ccc1Cl. The van der Waals surface area contributed by atoms with E-state index in [1.165, 1.54) is 30.0 Å². The number of sulfonamides is 1. The van der Waals surface area contributed by atoms with Crippen LogP contribution in [0.5, 0.6) is 0 Å². The van der Waals surface area contributed by atoms with Crippen LogP contribution in [0, 0.1) is 0 Å². The molecule has 3 aromatic carbocycles. The highest BCUT2D eigenvalue weighted by Gasteiger charge is 2.28. The van der Waals surface area contributed by atoms with Gasteiger partial charge in [0, 0.05) is 9.92 Å². The molecule has 1 atom stereocenters. The van der Waals surface area contributed by atoms with Crippen LogP contribution in [-0.4, -0.2) is 26.6 Å².